The summed E-state index contributed by atoms with van der Waals surface area (Å²) < 4.78 is 16.8. The Morgan fingerprint density at radius 3 is 1.65 bits per heavy atom. The molecule has 14 aromatic rings. The van der Waals surface area contributed by atoms with Crippen LogP contribution < -0.4 is 0 Å². The molecular weight excluding hydrogens is 791 g/mol. The third-order valence-corrected chi connectivity index (χ3v) is 13.6. The Labute approximate surface area is 373 Å². The van der Waals surface area contributed by atoms with Crippen molar-refractivity contribution in [3.8, 4) is 50.4 Å². The molecule has 0 fully saturated rings. The second kappa shape index (κ2) is 13.9. The van der Waals surface area contributed by atoms with Crippen LogP contribution >= 0.6 is 0 Å². The van der Waals surface area contributed by atoms with Gasteiger partial charge in [-0.05, 0) is 91.5 Å². The van der Waals surface area contributed by atoms with E-state index >= 15 is 0 Å². The highest BCUT2D eigenvalue weighted by molar-refractivity contribution is 6.30. The zero-order chi connectivity index (χ0) is 42.6. The van der Waals surface area contributed by atoms with E-state index in [9.17, 15) is 0 Å². The topological polar surface area (TPSA) is 31.2 Å². The number of hydrogen-bond donors (Lipinski definition) is 0. The predicted molar refractivity (Wildman–Crippen MR) is 272 cm³/mol. The molecule has 0 saturated carbocycles. The minimum Gasteiger partial charge on any atom is -0.455 e. The van der Waals surface area contributed by atoms with Gasteiger partial charge in [0, 0.05) is 54.9 Å². The first-order valence-electron chi connectivity index (χ1n) is 22.2. The summed E-state index contributed by atoms with van der Waals surface area (Å²) in [6, 6.07) is 80.7. The van der Waals surface area contributed by atoms with Gasteiger partial charge in [-0.25, -0.2) is 0 Å². The number of para-hydroxylation sites is 3. The first-order chi connectivity index (χ1) is 32.3. The molecule has 0 saturated heterocycles. The number of furan rings is 2. The van der Waals surface area contributed by atoms with E-state index in [1.54, 1.807) is 0 Å². The van der Waals surface area contributed by atoms with Crippen molar-refractivity contribution >= 4 is 87.0 Å². The maximum Gasteiger partial charge on any atom is 0.144 e. The van der Waals surface area contributed by atoms with Crippen molar-refractivity contribution < 1.29 is 8.83 Å². The van der Waals surface area contributed by atoms with Crippen molar-refractivity contribution in [1.82, 2.24) is 4.57 Å². The van der Waals surface area contributed by atoms with Crippen LogP contribution in [-0.4, -0.2) is 4.57 Å². The van der Waals surface area contributed by atoms with E-state index in [4.69, 9.17) is 8.83 Å². The van der Waals surface area contributed by atoms with Crippen LogP contribution in [0.3, 0.4) is 0 Å². The number of nitrogens with zero attached hydrogens (tertiary/aromatic N) is 1. The molecule has 0 amide bonds. The van der Waals surface area contributed by atoms with Crippen molar-refractivity contribution in [3.63, 3.8) is 0 Å². The fraction of sp³-hybridized carbons (Fsp3) is 0. The van der Waals surface area contributed by atoms with Gasteiger partial charge < -0.3 is 13.4 Å². The Bertz CT molecular complexity index is 4170. The van der Waals surface area contributed by atoms with E-state index < -0.39 is 0 Å². The Kier molecular flexibility index (Phi) is 7.69. The van der Waals surface area contributed by atoms with Gasteiger partial charge in [-0.1, -0.05) is 182 Å². The molecular formula is C62H37NO2. The van der Waals surface area contributed by atoms with Gasteiger partial charge in [0.1, 0.15) is 22.5 Å². The Balaban J connectivity index is 1.09. The second-order valence-corrected chi connectivity index (χ2v) is 17.1. The highest BCUT2D eigenvalue weighted by atomic mass is 16.3. The molecule has 3 aromatic heterocycles. The maximum absolute atomic E-state index is 7.26. The average Bonchev–Trinajstić information content (AvgIpc) is 4.05. The van der Waals surface area contributed by atoms with Crippen LogP contribution in [0.5, 0.6) is 0 Å². The summed E-state index contributed by atoms with van der Waals surface area (Å²) in [5.74, 6) is 0.842. The SMILES string of the molecule is c1ccc(-c2c(-c3ccc4ccccc4c3)oc3cc(-c4c5ccccc5c(-c5ccc6c7ccccc7n(-c7ccccc7)c6c5)c5ccccc45)c4oc5ccccc5c4c23)cc1. The van der Waals surface area contributed by atoms with E-state index in [1.807, 2.05) is 0 Å². The molecule has 0 aliphatic heterocycles. The first kappa shape index (κ1) is 35.9. The zero-order valence-electron chi connectivity index (χ0n) is 35.1. The third-order valence-electron chi connectivity index (χ3n) is 13.6. The van der Waals surface area contributed by atoms with Gasteiger partial charge in [0.15, 0.2) is 0 Å². The molecule has 11 aromatic carbocycles. The Morgan fingerprint density at radius 2 is 0.892 bits per heavy atom. The van der Waals surface area contributed by atoms with Gasteiger partial charge in [0.05, 0.1) is 11.0 Å². The van der Waals surface area contributed by atoms with Crippen LogP contribution in [0.1, 0.15) is 0 Å². The summed E-state index contributed by atoms with van der Waals surface area (Å²) in [4.78, 5) is 0. The lowest BCUT2D eigenvalue weighted by Gasteiger charge is -2.18. The quantitative estimate of drug-likeness (QED) is 0.162. The minimum atomic E-state index is 0.817. The molecule has 3 heteroatoms. The molecule has 65 heavy (non-hydrogen) atoms. The van der Waals surface area contributed by atoms with Gasteiger partial charge >= 0.3 is 0 Å². The van der Waals surface area contributed by atoms with E-state index in [0.29, 0.717) is 0 Å². The fourth-order valence-corrected chi connectivity index (χ4v) is 10.8. The summed E-state index contributed by atoms with van der Waals surface area (Å²) >= 11 is 0. The standard InChI is InChI=1S/C62H37NO2/c1-3-18-39(19-4-1)57-60-55(65-61(57)42-32-31-38-17-7-8-20-40(38)35-42)37-51(62-59(60)50-28-14-16-30-54(50)64-62)58-48-26-11-9-24-46(48)56(47-25-10-12-27-49(47)58)41-33-34-45-44-23-13-15-29-52(44)63(53(45)36-41)43-21-5-2-6-22-43/h1-37H. The number of hydrogen-bond acceptors (Lipinski definition) is 2. The monoisotopic (exact) mass is 827 g/mol. The third kappa shape index (κ3) is 5.30. The Morgan fingerprint density at radius 1 is 0.308 bits per heavy atom. The lowest BCUT2D eigenvalue weighted by molar-refractivity contribution is 0.632. The van der Waals surface area contributed by atoms with E-state index in [2.05, 4.69) is 229 Å². The summed E-state index contributed by atoms with van der Waals surface area (Å²) in [5, 5.41) is 12.6. The van der Waals surface area contributed by atoms with Crippen LogP contribution in [0, 0.1) is 0 Å². The molecule has 0 aliphatic rings. The van der Waals surface area contributed by atoms with Crippen molar-refractivity contribution in [1.29, 1.82) is 0 Å². The minimum absolute atomic E-state index is 0.817. The second-order valence-electron chi connectivity index (χ2n) is 17.1. The molecule has 3 nitrogen and oxygen atoms in total. The average molecular weight is 828 g/mol. The van der Waals surface area contributed by atoms with Crippen molar-refractivity contribution in [2.24, 2.45) is 0 Å². The van der Waals surface area contributed by atoms with Gasteiger partial charge in [-0.2, -0.15) is 0 Å². The van der Waals surface area contributed by atoms with E-state index in [1.165, 1.54) is 54.5 Å². The van der Waals surface area contributed by atoms with Crippen LogP contribution in [0.2, 0.25) is 0 Å². The van der Waals surface area contributed by atoms with Gasteiger partial charge in [-0.15, -0.1) is 0 Å². The molecule has 0 N–H and O–H groups in total. The highest BCUT2D eigenvalue weighted by Gasteiger charge is 2.28. The summed E-state index contributed by atoms with van der Waals surface area (Å²) in [6.07, 6.45) is 0. The van der Waals surface area contributed by atoms with E-state index in [-0.39, 0.29) is 0 Å². The fourth-order valence-electron chi connectivity index (χ4n) is 10.8. The van der Waals surface area contributed by atoms with Gasteiger partial charge in [0.2, 0.25) is 0 Å². The van der Waals surface area contributed by atoms with Gasteiger partial charge in [-0.3, -0.25) is 0 Å². The lowest BCUT2D eigenvalue weighted by atomic mass is 9.85. The van der Waals surface area contributed by atoms with Crippen molar-refractivity contribution in [2.45, 2.75) is 0 Å². The number of fused-ring (bicyclic) bond motifs is 11. The molecule has 3 heterocycles. The zero-order valence-corrected chi connectivity index (χ0v) is 35.1. The van der Waals surface area contributed by atoms with Gasteiger partial charge in [0.25, 0.3) is 0 Å². The molecule has 0 spiro atoms. The molecule has 0 unspecified atom stereocenters. The lowest BCUT2D eigenvalue weighted by Crippen LogP contribution is -1.94. The summed E-state index contributed by atoms with van der Waals surface area (Å²) in [6.45, 7) is 0. The molecule has 302 valence electrons. The largest absolute Gasteiger partial charge is 0.455 e. The summed E-state index contributed by atoms with van der Waals surface area (Å²) in [7, 11) is 0. The first-order valence-corrected chi connectivity index (χ1v) is 22.2. The molecule has 0 atom stereocenters. The highest BCUT2D eigenvalue weighted by Crippen LogP contribution is 2.52. The number of benzene rings is 11. The van der Waals surface area contributed by atoms with Crippen LogP contribution in [0.4, 0.5) is 0 Å². The van der Waals surface area contributed by atoms with Crippen molar-refractivity contribution in [3.05, 3.63) is 224 Å². The molecule has 0 radical (unpaired) electrons. The summed E-state index contributed by atoms with van der Waals surface area (Å²) in [5.41, 5.74) is 13.7. The Hall–Kier alpha value is -8.66. The smallest absolute Gasteiger partial charge is 0.144 e. The van der Waals surface area contributed by atoms with Crippen LogP contribution in [-0.2, 0) is 0 Å². The van der Waals surface area contributed by atoms with Crippen LogP contribution in [0.25, 0.3) is 137 Å². The molecule has 0 aliphatic carbocycles. The molecule has 0 bridgehead atoms. The number of rotatable bonds is 5. The normalized spacial score (nSPS) is 12.0. The maximum atomic E-state index is 7.26. The number of aromatic nitrogens is 1. The molecule has 14 rings (SSSR count). The predicted octanol–water partition coefficient (Wildman–Crippen LogP) is 17.6. The van der Waals surface area contributed by atoms with Crippen LogP contribution in [0.15, 0.2) is 233 Å². The van der Waals surface area contributed by atoms with E-state index in [0.717, 1.165) is 82.9 Å². The van der Waals surface area contributed by atoms with Crippen molar-refractivity contribution in [2.75, 3.05) is 0 Å².